The number of hydrogen-bond donors (Lipinski definition) is 1. The van der Waals surface area contributed by atoms with Crippen LogP contribution in [0.5, 0.6) is 0 Å². The predicted octanol–water partition coefficient (Wildman–Crippen LogP) is 1.67. The Morgan fingerprint density at radius 2 is 2.14 bits per heavy atom. The summed E-state index contributed by atoms with van der Waals surface area (Å²) in [5.41, 5.74) is -0.520. The molecule has 0 aliphatic heterocycles. The topological polar surface area (TPSA) is 38.3 Å². The molecule has 14 heavy (non-hydrogen) atoms. The van der Waals surface area contributed by atoms with Crippen molar-refractivity contribution in [1.29, 1.82) is 0 Å². The van der Waals surface area contributed by atoms with Gasteiger partial charge in [-0.15, -0.1) is 0 Å². The van der Waals surface area contributed by atoms with Crippen molar-refractivity contribution in [3.63, 3.8) is 0 Å². The van der Waals surface area contributed by atoms with Crippen LogP contribution in [0.1, 0.15) is 27.2 Å². The smallest absolute Gasteiger partial charge is 0.326 e. The van der Waals surface area contributed by atoms with Gasteiger partial charge in [-0.05, 0) is 38.8 Å². The van der Waals surface area contributed by atoms with E-state index in [0.29, 0.717) is 6.61 Å². The summed E-state index contributed by atoms with van der Waals surface area (Å²) in [4.78, 5) is 11.7. The molecule has 3 nitrogen and oxygen atoms in total. The normalized spacial score (nSPS) is 14.9. The van der Waals surface area contributed by atoms with Gasteiger partial charge in [0.2, 0.25) is 0 Å². The summed E-state index contributed by atoms with van der Waals surface area (Å²) in [7, 11) is 0. The van der Waals surface area contributed by atoms with Crippen molar-refractivity contribution in [3.05, 3.63) is 0 Å². The molecular weight excluding hydrogens is 198 g/mol. The molecule has 0 aromatic carbocycles. The van der Waals surface area contributed by atoms with Gasteiger partial charge in [0.25, 0.3) is 0 Å². The predicted molar refractivity (Wildman–Crippen MR) is 61.7 cm³/mol. The minimum Gasteiger partial charge on any atom is -0.465 e. The second kappa shape index (κ2) is 7.12. The molecule has 4 heteroatoms. The highest BCUT2D eigenvalue weighted by atomic mass is 32.2. The van der Waals surface area contributed by atoms with Gasteiger partial charge in [0.05, 0.1) is 6.61 Å². The van der Waals surface area contributed by atoms with Crippen molar-refractivity contribution >= 4 is 17.7 Å². The summed E-state index contributed by atoms with van der Waals surface area (Å²) in [6.07, 6.45) is 2.85. The summed E-state index contributed by atoms with van der Waals surface area (Å²) < 4.78 is 5.05. The van der Waals surface area contributed by atoms with E-state index in [4.69, 9.17) is 4.74 Å². The number of carbonyl (C=O) groups is 1. The van der Waals surface area contributed by atoms with E-state index in [1.54, 1.807) is 11.8 Å². The Morgan fingerprint density at radius 3 is 2.57 bits per heavy atom. The third kappa shape index (κ3) is 4.33. The summed E-state index contributed by atoms with van der Waals surface area (Å²) in [5.74, 6) is 0.818. The third-order valence-electron chi connectivity index (χ3n) is 2.10. The molecule has 0 aliphatic carbocycles. The van der Waals surface area contributed by atoms with Crippen molar-refractivity contribution in [2.24, 2.45) is 0 Å². The molecule has 1 unspecified atom stereocenters. The maximum atomic E-state index is 11.7. The highest BCUT2D eigenvalue weighted by Gasteiger charge is 2.32. The van der Waals surface area contributed by atoms with Crippen LogP contribution in [-0.2, 0) is 9.53 Å². The van der Waals surface area contributed by atoms with Gasteiger partial charge in [0.15, 0.2) is 0 Å². The number of esters is 1. The van der Waals surface area contributed by atoms with E-state index >= 15 is 0 Å². The SMILES string of the molecule is CCNC(C)(CCSC)C(=O)OCC. The number of thioether (sulfide) groups is 1. The maximum Gasteiger partial charge on any atom is 0.326 e. The Bertz CT molecular complexity index is 176. The lowest BCUT2D eigenvalue weighted by molar-refractivity contribution is -0.150. The quantitative estimate of drug-likeness (QED) is 0.661. The summed E-state index contributed by atoms with van der Waals surface area (Å²) >= 11 is 1.74. The van der Waals surface area contributed by atoms with Crippen LogP contribution in [0.15, 0.2) is 0 Å². The molecule has 0 aromatic rings. The Kier molecular flexibility index (Phi) is 7.01. The zero-order valence-electron chi connectivity index (χ0n) is 9.55. The first-order valence-electron chi connectivity index (χ1n) is 5.02. The number of hydrogen-bond acceptors (Lipinski definition) is 4. The lowest BCUT2D eigenvalue weighted by Crippen LogP contribution is -2.50. The fraction of sp³-hybridized carbons (Fsp3) is 0.900. The van der Waals surface area contributed by atoms with Gasteiger partial charge in [-0.1, -0.05) is 6.92 Å². The lowest BCUT2D eigenvalue weighted by atomic mass is 9.99. The molecule has 84 valence electrons. The molecule has 0 aliphatic rings. The van der Waals surface area contributed by atoms with E-state index in [9.17, 15) is 4.79 Å². The van der Waals surface area contributed by atoms with Crippen LogP contribution in [0.4, 0.5) is 0 Å². The second-order valence-electron chi connectivity index (χ2n) is 3.33. The molecule has 0 amide bonds. The van der Waals surface area contributed by atoms with Crippen LogP contribution in [-0.4, -0.2) is 36.7 Å². The van der Waals surface area contributed by atoms with Gasteiger partial charge in [0, 0.05) is 0 Å². The van der Waals surface area contributed by atoms with Crippen molar-refractivity contribution < 1.29 is 9.53 Å². The van der Waals surface area contributed by atoms with E-state index in [1.165, 1.54) is 0 Å². The summed E-state index contributed by atoms with van der Waals surface area (Å²) in [6, 6.07) is 0. The highest BCUT2D eigenvalue weighted by molar-refractivity contribution is 7.98. The number of likely N-dealkylation sites (N-methyl/N-ethyl adjacent to an activating group) is 1. The van der Waals surface area contributed by atoms with Crippen molar-refractivity contribution in [3.8, 4) is 0 Å². The number of carbonyl (C=O) groups excluding carboxylic acids is 1. The van der Waals surface area contributed by atoms with Gasteiger partial charge < -0.3 is 10.1 Å². The second-order valence-corrected chi connectivity index (χ2v) is 4.31. The monoisotopic (exact) mass is 219 g/mol. The molecule has 0 spiro atoms. The van der Waals surface area contributed by atoms with Crippen LogP contribution in [0.25, 0.3) is 0 Å². The van der Waals surface area contributed by atoms with Gasteiger partial charge >= 0.3 is 5.97 Å². The molecule has 0 saturated heterocycles. The molecule has 0 heterocycles. The Morgan fingerprint density at radius 1 is 1.50 bits per heavy atom. The number of ether oxygens (including phenoxy) is 1. The van der Waals surface area contributed by atoms with Gasteiger partial charge in [-0.2, -0.15) is 11.8 Å². The molecule has 0 bridgehead atoms. The van der Waals surface area contributed by atoms with E-state index in [2.05, 4.69) is 5.32 Å². The zero-order chi connectivity index (χ0) is 11.0. The van der Waals surface area contributed by atoms with Crippen LogP contribution < -0.4 is 5.32 Å². The fourth-order valence-corrected chi connectivity index (χ4v) is 1.86. The fourth-order valence-electron chi connectivity index (χ4n) is 1.25. The maximum absolute atomic E-state index is 11.7. The number of rotatable bonds is 7. The summed E-state index contributed by atoms with van der Waals surface area (Å²) in [6.45, 7) is 6.96. The number of nitrogens with one attached hydrogen (secondary N) is 1. The minimum absolute atomic E-state index is 0.143. The van der Waals surface area contributed by atoms with E-state index in [1.807, 2.05) is 27.0 Å². The molecule has 1 atom stereocenters. The highest BCUT2D eigenvalue weighted by Crippen LogP contribution is 2.15. The lowest BCUT2D eigenvalue weighted by Gasteiger charge is -2.27. The molecule has 1 N–H and O–H groups in total. The van der Waals surface area contributed by atoms with E-state index in [0.717, 1.165) is 18.7 Å². The third-order valence-corrected chi connectivity index (χ3v) is 2.71. The first kappa shape index (κ1) is 13.8. The molecule has 0 radical (unpaired) electrons. The first-order chi connectivity index (χ1) is 6.60. The van der Waals surface area contributed by atoms with E-state index < -0.39 is 5.54 Å². The van der Waals surface area contributed by atoms with Crippen LogP contribution in [0.3, 0.4) is 0 Å². The van der Waals surface area contributed by atoms with Crippen LogP contribution in [0, 0.1) is 0 Å². The first-order valence-corrected chi connectivity index (χ1v) is 6.41. The average molecular weight is 219 g/mol. The van der Waals surface area contributed by atoms with E-state index in [-0.39, 0.29) is 5.97 Å². The molecule has 0 rings (SSSR count). The average Bonchev–Trinajstić information content (AvgIpc) is 2.15. The molecule has 0 fully saturated rings. The molecule has 0 saturated carbocycles. The minimum atomic E-state index is -0.520. The Labute approximate surface area is 91.0 Å². The van der Waals surface area contributed by atoms with Crippen molar-refractivity contribution in [1.82, 2.24) is 5.32 Å². The summed E-state index contributed by atoms with van der Waals surface area (Å²) in [5, 5.41) is 3.19. The Hall–Kier alpha value is -0.220. The van der Waals surface area contributed by atoms with Gasteiger partial charge in [-0.25, -0.2) is 0 Å². The van der Waals surface area contributed by atoms with Crippen LogP contribution in [0.2, 0.25) is 0 Å². The van der Waals surface area contributed by atoms with Gasteiger partial charge in [-0.3, -0.25) is 4.79 Å². The zero-order valence-corrected chi connectivity index (χ0v) is 10.4. The Balaban J connectivity index is 4.28. The van der Waals surface area contributed by atoms with Gasteiger partial charge in [0.1, 0.15) is 5.54 Å². The molecule has 0 aromatic heterocycles. The molecular formula is C10H21NO2S. The largest absolute Gasteiger partial charge is 0.465 e. The van der Waals surface area contributed by atoms with Crippen molar-refractivity contribution in [2.45, 2.75) is 32.7 Å². The van der Waals surface area contributed by atoms with Crippen molar-refractivity contribution in [2.75, 3.05) is 25.2 Å². The standard InChI is InChI=1S/C10H21NO2S/c1-5-11-10(3,7-8-14-4)9(12)13-6-2/h11H,5-8H2,1-4H3. The van der Waals surface area contributed by atoms with Crippen LogP contribution >= 0.6 is 11.8 Å².